The van der Waals surface area contributed by atoms with E-state index in [9.17, 15) is 9.59 Å². The highest BCUT2D eigenvalue weighted by Gasteiger charge is 2.57. The largest absolute Gasteiger partial charge is 0.330 e. The molecule has 2 heterocycles. The number of fused-ring (bicyclic) bond motifs is 3. The Labute approximate surface area is 224 Å². The number of nitrogens with zero attached hydrogens (tertiary/aromatic N) is 3. The molecule has 5 heteroatoms. The van der Waals surface area contributed by atoms with Gasteiger partial charge in [0.15, 0.2) is 0 Å². The molecule has 9 rings (SSSR count). The highest BCUT2D eigenvalue weighted by Crippen LogP contribution is 2.61. The molecular weight excluding hydrogens is 470 g/mol. The first-order valence-electron chi connectivity index (χ1n) is 14.5. The lowest BCUT2D eigenvalue weighted by Gasteiger charge is -2.56. The molecule has 5 fully saturated rings. The van der Waals surface area contributed by atoms with E-state index in [4.69, 9.17) is 0 Å². The zero-order valence-corrected chi connectivity index (χ0v) is 21.8. The Kier molecular flexibility index (Phi) is 4.96. The molecule has 0 radical (unpaired) electrons. The lowest BCUT2D eigenvalue weighted by molar-refractivity contribution is -0.159. The monoisotopic (exact) mass is 505 g/mol. The highest BCUT2D eigenvalue weighted by molar-refractivity contribution is 6.01. The topological polar surface area (TPSA) is 45.6 Å². The third kappa shape index (κ3) is 3.43. The van der Waals surface area contributed by atoms with Crippen LogP contribution in [0.1, 0.15) is 68.7 Å². The van der Waals surface area contributed by atoms with Crippen molar-refractivity contribution >= 4 is 17.5 Å². The first kappa shape index (κ1) is 22.6. The zero-order chi connectivity index (χ0) is 25.4. The molecule has 5 aliphatic carbocycles. The molecule has 1 unspecified atom stereocenters. The molecule has 4 bridgehead atoms. The van der Waals surface area contributed by atoms with Gasteiger partial charge in [-0.15, -0.1) is 0 Å². The second-order valence-corrected chi connectivity index (χ2v) is 12.7. The fourth-order valence-electron chi connectivity index (χ4n) is 8.86. The number of carbonyl (C=O) groups excluding carboxylic acids is 2. The van der Waals surface area contributed by atoms with Gasteiger partial charge in [-0.3, -0.25) is 14.5 Å². The van der Waals surface area contributed by atoms with Crippen LogP contribution in [0.5, 0.6) is 0 Å². The maximum Gasteiger partial charge on any atom is 0.247 e. The van der Waals surface area contributed by atoms with Gasteiger partial charge in [0.25, 0.3) is 0 Å². The predicted octanol–water partition coefficient (Wildman–Crippen LogP) is 6.12. The van der Waals surface area contributed by atoms with Crippen LogP contribution < -0.4 is 4.90 Å². The number of amides is 2. The number of benzene rings is 2. The van der Waals surface area contributed by atoms with Crippen molar-refractivity contribution in [3.05, 3.63) is 84.2 Å². The van der Waals surface area contributed by atoms with Gasteiger partial charge in [0.2, 0.25) is 11.8 Å². The van der Waals surface area contributed by atoms with Crippen molar-refractivity contribution < 1.29 is 9.59 Å². The SMILES string of the molecule is O=C(CN(C(=O)C12CC3CC(CC(C3)C1)C2)C1CC1)N1c2ccccc2-n2cccc2C1c1ccccc1. The molecule has 1 aliphatic heterocycles. The molecule has 5 saturated carbocycles. The van der Waals surface area contributed by atoms with E-state index in [1.807, 2.05) is 40.1 Å². The van der Waals surface area contributed by atoms with Crippen LogP contribution in [-0.4, -0.2) is 33.9 Å². The van der Waals surface area contributed by atoms with E-state index in [0.717, 1.165) is 54.7 Å². The van der Waals surface area contributed by atoms with Gasteiger partial charge in [-0.1, -0.05) is 42.5 Å². The van der Waals surface area contributed by atoms with Crippen LogP contribution >= 0.6 is 0 Å². The number of para-hydroxylation sites is 2. The van der Waals surface area contributed by atoms with Gasteiger partial charge < -0.3 is 9.47 Å². The van der Waals surface area contributed by atoms with Gasteiger partial charge in [0, 0.05) is 12.2 Å². The summed E-state index contributed by atoms with van der Waals surface area (Å²) in [4.78, 5) is 32.9. The molecule has 0 saturated heterocycles. The lowest BCUT2D eigenvalue weighted by Crippen LogP contribution is -2.57. The fraction of sp³-hybridized carbons (Fsp3) is 0.455. The quantitative estimate of drug-likeness (QED) is 0.419. The molecule has 0 N–H and O–H groups in total. The normalized spacial score (nSPS) is 30.6. The number of hydrogen-bond donors (Lipinski definition) is 0. The molecule has 3 aromatic rings. The van der Waals surface area contributed by atoms with E-state index in [2.05, 4.69) is 47.2 Å². The van der Waals surface area contributed by atoms with Crippen molar-refractivity contribution in [1.82, 2.24) is 9.47 Å². The van der Waals surface area contributed by atoms with E-state index < -0.39 is 0 Å². The van der Waals surface area contributed by atoms with Crippen molar-refractivity contribution in [2.75, 3.05) is 11.4 Å². The summed E-state index contributed by atoms with van der Waals surface area (Å²) in [5.74, 6) is 2.45. The summed E-state index contributed by atoms with van der Waals surface area (Å²) in [6.45, 7) is 0.170. The third-order valence-electron chi connectivity index (χ3n) is 10.1. The van der Waals surface area contributed by atoms with Crippen molar-refractivity contribution in [2.45, 2.75) is 63.5 Å². The number of anilines is 1. The maximum atomic E-state index is 14.5. The van der Waals surface area contributed by atoms with Crippen molar-refractivity contribution in [2.24, 2.45) is 23.2 Å². The molecule has 2 aromatic carbocycles. The minimum absolute atomic E-state index is 0.0173. The average molecular weight is 506 g/mol. The van der Waals surface area contributed by atoms with Crippen LogP contribution in [0.2, 0.25) is 0 Å². The molecular formula is C33H35N3O2. The van der Waals surface area contributed by atoms with Crippen LogP contribution in [0.3, 0.4) is 0 Å². The van der Waals surface area contributed by atoms with Gasteiger partial charge in [-0.05, 0) is 98.9 Å². The molecule has 2 amide bonds. The Morgan fingerprint density at radius 1 is 0.789 bits per heavy atom. The first-order valence-corrected chi connectivity index (χ1v) is 14.5. The minimum atomic E-state index is -0.232. The third-order valence-corrected chi connectivity index (χ3v) is 10.1. The molecule has 0 spiro atoms. The molecule has 5 nitrogen and oxygen atoms in total. The zero-order valence-electron chi connectivity index (χ0n) is 21.8. The minimum Gasteiger partial charge on any atom is -0.330 e. The van der Waals surface area contributed by atoms with Crippen LogP contribution in [0.15, 0.2) is 72.9 Å². The van der Waals surface area contributed by atoms with E-state index in [1.54, 1.807) is 0 Å². The van der Waals surface area contributed by atoms with Gasteiger partial charge in [-0.2, -0.15) is 0 Å². The molecule has 1 aromatic heterocycles. The summed E-state index contributed by atoms with van der Waals surface area (Å²) < 4.78 is 2.20. The summed E-state index contributed by atoms with van der Waals surface area (Å²) in [5, 5.41) is 0. The Balaban J connectivity index is 1.16. The van der Waals surface area contributed by atoms with Crippen LogP contribution in [0.25, 0.3) is 5.69 Å². The van der Waals surface area contributed by atoms with Gasteiger partial charge in [0.1, 0.15) is 12.6 Å². The predicted molar refractivity (Wildman–Crippen MR) is 147 cm³/mol. The van der Waals surface area contributed by atoms with E-state index in [-0.39, 0.29) is 35.9 Å². The number of hydrogen-bond acceptors (Lipinski definition) is 2. The van der Waals surface area contributed by atoms with Gasteiger partial charge >= 0.3 is 0 Å². The summed E-state index contributed by atoms with van der Waals surface area (Å²) in [6, 6.07) is 22.6. The Morgan fingerprint density at radius 3 is 2.08 bits per heavy atom. The number of rotatable bonds is 5. The Morgan fingerprint density at radius 2 is 1.42 bits per heavy atom. The maximum absolute atomic E-state index is 14.5. The Bertz CT molecular complexity index is 1370. The standard InChI is InChI=1S/C33H35N3O2/c37-30(21-35(26-12-13-26)32(38)33-18-22-15-23(19-33)17-24(16-22)20-33)36-28-10-5-4-9-27(28)34-14-6-11-29(34)31(36)25-7-2-1-3-8-25/h1-11,14,22-24,26,31H,12-13,15-21H2. The summed E-state index contributed by atoms with van der Waals surface area (Å²) >= 11 is 0. The van der Waals surface area contributed by atoms with Crippen molar-refractivity contribution in [1.29, 1.82) is 0 Å². The summed E-state index contributed by atoms with van der Waals surface area (Å²) in [5.41, 5.74) is 3.87. The van der Waals surface area contributed by atoms with Crippen molar-refractivity contribution in [3.63, 3.8) is 0 Å². The highest BCUT2D eigenvalue weighted by atomic mass is 16.2. The van der Waals surface area contributed by atoms with Crippen LogP contribution in [-0.2, 0) is 9.59 Å². The average Bonchev–Trinajstić information content (AvgIpc) is 3.65. The smallest absolute Gasteiger partial charge is 0.247 e. The molecule has 194 valence electrons. The molecule has 1 atom stereocenters. The first-order chi connectivity index (χ1) is 18.6. The summed E-state index contributed by atoms with van der Waals surface area (Å²) in [6.07, 6.45) is 11.2. The second-order valence-electron chi connectivity index (χ2n) is 12.7. The van der Waals surface area contributed by atoms with E-state index >= 15 is 0 Å². The van der Waals surface area contributed by atoms with Gasteiger partial charge in [0.05, 0.1) is 22.5 Å². The number of aromatic nitrogens is 1. The number of carbonyl (C=O) groups is 2. The van der Waals surface area contributed by atoms with Crippen LogP contribution in [0, 0.1) is 23.2 Å². The van der Waals surface area contributed by atoms with E-state index in [0.29, 0.717) is 17.8 Å². The lowest BCUT2D eigenvalue weighted by atomic mass is 9.49. The van der Waals surface area contributed by atoms with E-state index in [1.165, 1.54) is 19.3 Å². The Hall–Kier alpha value is -3.34. The molecule has 6 aliphatic rings. The summed E-state index contributed by atoms with van der Waals surface area (Å²) in [7, 11) is 0. The second kappa shape index (κ2) is 8.33. The molecule has 38 heavy (non-hydrogen) atoms. The fourth-order valence-corrected chi connectivity index (χ4v) is 8.86. The van der Waals surface area contributed by atoms with Gasteiger partial charge in [-0.25, -0.2) is 0 Å². The van der Waals surface area contributed by atoms with Crippen molar-refractivity contribution in [3.8, 4) is 5.69 Å². The van der Waals surface area contributed by atoms with Crippen LogP contribution in [0.4, 0.5) is 5.69 Å².